The fourth-order valence-electron chi connectivity index (χ4n) is 3.40. The van der Waals surface area contributed by atoms with E-state index in [1.54, 1.807) is 12.3 Å². The van der Waals surface area contributed by atoms with E-state index in [1.165, 1.54) is 28.8 Å². The van der Waals surface area contributed by atoms with Gasteiger partial charge in [0.1, 0.15) is 0 Å². The van der Waals surface area contributed by atoms with Crippen molar-refractivity contribution >= 4 is 45.8 Å². The number of anilines is 2. The Morgan fingerprint density at radius 1 is 1.12 bits per heavy atom. The van der Waals surface area contributed by atoms with Crippen LogP contribution >= 0.6 is 23.1 Å². The van der Waals surface area contributed by atoms with Gasteiger partial charge in [0.25, 0.3) is 0 Å². The van der Waals surface area contributed by atoms with Gasteiger partial charge in [-0.05, 0) is 52.0 Å². The molecule has 11 heteroatoms. The quantitative estimate of drug-likeness (QED) is 0.292. The van der Waals surface area contributed by atoms with Crippen LogP contribution in [0.25, 0.3) is 11.4 Å². The first-order valence-electron chi connectivity index (χ1n) is 11.3. The summed E-state index contributed by atoms with van der Waals surface area (Å²) in [5.74, 6) is 0.419. The standard InChI is InChI=1S/C23H30N6O3S2/c1-5-28(6-2)18-11-9-16(10-12-18)21-26-27-23(29(21)7-3)34-15-19(30)25-22-24-17(14-33-22)13-20(31)32-8-4/h9-12,14H,5-8,13,15H2,1-4H3,(H,24,25,30). The number of nitrogens with one attached hydrogen (secondary N) is 1. The number of nitrogens with zero attached hydrogens (tertiary/aromatic N) is 5. The third kappa shape index (κ3) is 6.57. The molecule has 3 aromatic rings. The summed E-state index contributed by atoms with van der Waals surface area (Å²) < 4.78 is 6.93. The zero-order chi connectivity index (χ0) is 24.5. The number of benzene rings is 1. The largest absolute Gasteiger partial charge is 0.466 e. The summed E-state index contributed by atoms with van der Waals surface area (Å²) in [7, 11) is 0. The second-order valence-corrected chi connectivity index (χ2v) is 9.03. The third-order valence-electron chi connectivity index (χ3n) is 5.05. The molecule has 9 nitrogen and oxygen atoms in total. The number of ether oxygens (including phenoxy) is 1. The lowest BCUT2D eigenvalue weighted by molar-refractivity contribution is -0.142. The molecule has 0 radical (unpaired) electrons. The SMILES string of the molecule is CCOC(=O)Cc1csc(NC(=O)CSc2nnc(-c3ccc(N(CC)CC)cc3)n2CC)n1. The number of carbonyl (C=O) groups is 2. The molecule has 34 heavy (non-hydrogen) atoms. The summed E-state index contributed by atoms with van der Waals surface area (Å²) in [4.78, 5) is 30.6. The van der Waals surface area contributed by atoms with E-state index >= 15 is 0 Å². The van der Waals surface area contributed by atoms with Gasteiger partial charge in [-0.25, -0.2) is 4.98 Å². The van der Waals surface area contributed by atoms with Crippen LogP contribution < -0.4 is 10.2 Å². The van der Waals surface area contributed by atoms with Gasteiger partial charge in [-0.15, -0.1) is 21.5 Å². The Balaban J connectivity index is 1.60. The van der Waals surface area contributed by atoms with Crippen LogP contribution in [0.15, 0.2) is 34.8 Å². The first-order chi connectivity index (χ1) is 16.5. The molecule has 0 aliphatic rings. The van der Waals surface area contributed by atoms with Crippen LogP contribution in [0.4, 0.5) is 10.8 Å². The van der Waals surface area contributed by atoms with Gasteiger partial charge in [0.2, 0.25) is 5.91 Å². The fraction of sp³-hybridized carbons (Fsp3) is 0.435. The number of amides is 1. The van der Waals surface area contributed by atoms with Gasteiger partial charge in [-0.1, -0.05) is 11.8 Å². The molecule has 3 rings (SSSR count). The first-order valence-corrected chi connectivity index (χ1v) is 13.2. The minimum absolute atomic E-state index is 0.0905. The maximum atomic E-state index is 12.4. The minimum atomic E-state index is -0.335. The molecule has 2 aromatic heterocycles. The predicted molar refractivity (Wildman–Crippen MR) is 136 cm³/mol. The monoisotopic (exact) mass is 502 g/mol. The van der Waals surface area contributed by atoms with E-state index in [4.69, 9.17) is 4.74 Å². The smallest absolute Gasteiger partial charge is 0.311 e. The van der Waals surface area contributed by atoms with Crippen LogP contribution in [0.2, 0.25) is 0 Å². The Morgan fingerprint density at radius 2 is 1.85 bits per heavy atom. The van der Waals surface area contributed by atoms with Crippen molar-refractivity contribution in [2.45, 2.75) is 45.8 Å². The van der Waals surface area contributed by atoms with Crippen LogP contribution in [0.1, 0.15) is 33.4 Å². The highest BCUT2D eigenvalue weighted by Crippen LogP contribution is 2.26. The molecule has 0 unspecified atom stereocenters. The van der Waals surface area contributed by atoms with E-state index in [-0.39, 0.29) is 24.1 Å². The highest BCUT2D eigenvalue weighted by atomic mass is 32.2. The van der Waals surface area contributed by atoms with E-state index in [9.17, 15) is 9.59 Å². The van der Waals surface area contributed by atoms with Crippen molar-refractivity contribution in [3.63, 3.8) is 0 Å². The maximum absolute atomic E-state index is 12.4. The van der Waals surface area contributed by atoms with Gasteiger partial charge in [0, 0.05) is 36.3 Å². The second kappa shape index (κ2) is 12.5. The van der Waals surface area contributed by atoms with Crippen molar-refractivity contribution in [1.82, 2.24) is 19.7 Å². The van der Waals surface area contributed by atoms with Gasteiger partial charge in [0.15, 0.2) is 16.1 Å². The van der Waals surface area contributed by atoms with E-state index in [2.05, 4.69) is 63.5 Å². The van der Waals surface area contributed by atoms with E-state index in [1.807, 2.05) is 11.5 Å². The highest BCUT2D eigenvalue weighted by Gasteiger charge is 2.16. The van der Waals surface area contributed by atoms with Crippen LogP contribution in [-0.2, 0) is 27.3 Å². The number of rotatable bonds is 12. The maximum Gasteiger partial charge on any atom is 0.311 e. The topological polar surface area (TPSA) is 102 Å². The van der Waals surface area contributed by atoms with E-state index in [0.717, 1.165) is 24.5 Å². The molecular weight excluding hydrogens is 472 g/mol. The summed E-state index contributed by atoms with van der Waals surface area (Å²) in [6.07, 6.45) is 0.0905. The molecule has 0 bridgehead atoms. The average Bonchev–Trinajstić information content (AvgIpc) is 3.45. The second-order valence-electron chi connectivity index (χ2n) is 7.23. The Labute approximate surface area is 207 Å². The molecule has 1 amide bonds. The van der Waals surface area contributed by atoms with Crippen molar-refractivity contribution in [3.8, 4) is 11.4 Å². The molecule has 182 valence electrons. The molecule has 1 N–H and O–H groups in total. The average molecular weight is 503 g/mol. The summed E-state index contributed by atoms with van der Waals surface area (Å²) in [5.41, 5.74) is 2.74. The molecule has 2 heterocycles. The Bertz CT molecular complexity index is 1090. The molecule has 0 aliphatic heterocycles. The zero-order valence-corrected chi connectivity index (χ0v) is 21.5. The molecule has 1 aromatic carbocycles. The number of carbonyl (C=O) groups excluding carboxylic acids is 2. The number of thioether (sulfide) groups is 1. The van der Waals surface area contributed by atoms with Crippen LogP contribution in [-0.4, -0.2) is 57.1 Å². The summed E-state index contributed by atoms with van der Waals surface area (Å²) in [5, 5.41) is 14.3. The lowest BCUT2D eigenvalue weighted by Crippen LogP contribution is -2.21. The summed E-state index contributed by atoms with van der Waals surface area (Å²) >= 11 is 2.60. The van der Waals surface area contributed by atoms with Gasteiger partial charge in [-0.3, -0.25) is 9.59 Å². The zero-order valence-electron chi connectivity index (χ0n) is 19.9. The Kier molecular flexibility index (Phi) is 9.46. The predicted octanol–water partition coefficient (Wildman–Crippen LogP) is 4.10. The molecule has 0 aliphatic carbocycles. The third-order valence-corrected chi connectivity index (χ3v) is 6.82. The van der Waals surface area contributed by atoms with E-state index in [0.29, 0.717) is 29.1 Å². The number of aromatic nitrogens is 4. The van der Waals surface area contributed by atoms with Crippen molar-refractivity contribution in [3.05, 3.63) is 35.3 Å². The van der Waals surface area contributed by atoms with Crippen molar-refractivity contribution in [1.29, 1.82) is 0 Å². The van der Waals surface area contributed by atoms with E-state index < -0.39 is 0 Å². The van der Waals surface area contributed by atoms with Crippen molar-refractivity contribution in [2.75, 3.05) is 35.7 Å². The van der Waals surface area contributed by atoms with Gasteiger partial charge in [0.05, 0.1) is 24.5 Å². The van der Waals surface area contributed by atoms with Gasteiger partial charge in [-0.2, -0.15) is 0 Å². The molecule has 0 spiro atoms. The molecule has 0 atom stereocenters. The normalized spacial score (nSPS) is 10.8. The van der Waals surface area contributed by atoms with Gasteiger partial charge >= 0.3 is 5.97 Å². The van der Waals surface area contributed by atoms with Crippen LogP contribution in [0.3, 0.4) is 0 Å². The molecule has 0 saturated heterocycles. The van der Waals surface area contributed by atoms with Crippen LogP contribution in [0, 0.1) is 0 Å². The van der Waals surface area contributed by atoms with Crippen molar-refractivity contribution < 1.29 is 14.3 Å². The number of esters is 1. The first kappa shape index (κ1) is 25.7. The lowest BCUT2D eigenvalue weighted by atomic mass is 10.2. The minimum Gasteiger partial charge on any atom is -0.466 e. The van der Waals surface area contributed by atoms with Crippen molar-refractivity contribution in [2.24, 2.45) is 0 Å². The Hall–Kier alpha value is -2.92. The number of hydrogen-bond donors (Lipinski definition) is 1. The number of thiazole rings is 1. The van der Waals surface area contributed by atoms with Crippen LogP contribution in [0.5, 0.6) is 0 Å². The highest BCUT2D eigenvalue weighted by molar-refractivity contribution is 7.99. The molecule has 0 saturated carbocycles. The molecular formula is C23H30N6O3S2. The summed E-state index contributed by atoms with van der Waals surface area (Å²) in [6, 6.07) is 8.31. The Morgan fingerprint density at radius 3 is 2.50 bits per heavy atom. The lowest BCUT2D eigenvalue weighted by Gasteiger charge is -2.21. The summed E-state index contributed by atoms with van der Waals surface area (Å²) in [6.45, 7) is 11.0. The fourth-order valence-corrected chi connectivity index (χ4v) is 4.92. The number of hydrogen-bond acceptors (Lipinski definition) is 9. The molecule has 0 fully saturated rings. The van der Waals surface area contributed by atoms with Gasteiger partial charge < -0.3 is 19.5 Å².